The predicted octanol–water partition coefficient (Wildman–Crippen LogP) is 0.554. The van der Waals surface area contributed by atoms with Crippen LogP contribution in [-0.2, 0) is 9.59 Å². The molecule has 0 aromatic rings. The van der Waals surface area contributed by atoms with Crippen LogP contribution in [0.25, 0.3) is 0 Å². The van der Waals surface area contributed by atoms with Crippen molar-refractivity contribution in [1.29, 1.82) is 0 Å². The molecule has 3 heteroatoms. The third-order valence-corrected chi connectivity index (χ3v) is 2.33. The van der Waals surface area contributed by atoms with Crippen LogP contribution in [0.2, 0.25) is 0 Å². The van der Waals surface area contributed by atoms with Crippen molar-refractivity contribution >= 4 is 19.9 Å². The number of hydrogen-bond donors (Lipinski definition) is 0. The van der Waals surface area contributed by atoms with Crippen LogP contribution < -0.4 is 0 Å². The minimum Gasteiger partial charge on any atom is -0.299 e. The van der Waals surface area contributed by atoms with Gasteiger partial charge in [0.2, 0.25) is 0 Å². The van der Waals surface area contributed by atoms with E-state index in [2.05, 4.69) is 0 Å². The summed E-state index contributed by atoms with van der Waals surface area (Å²) in [6.45, 7) is 0. The van der Waals surface area contributed by atoms with Gasteiger partial charge < -0.3 is 0 Å². The molecule has 1 heterocycles. The van der Waals surface area contributed by atoms with Gasteiger partial charge in [-0.25, -0.2) is 0 Å². The summed E-state index contributed by atoms with van der Waals surface area (Å²) in [5.41, 5.74) is 0.268. The van der Waals surface area contributed by atoms with Gasteiger partial charge in [-0.15, -0.1) is 0 Å². The molecule has 0 saturated carbocycles. The summed E-state index contributed by atoms with van der Waals surface area (Å²) < 4.78 is 0. The van der Waals surface area contributed by atoms with Crippen LogP contribution in [0.5, 0.6) is 0 Å². The first-order valence-corrected chi connectivity index (χ1v) is 3.78. The lowest BCUT2D eigenvalue weighted by atomic mass is 10.2. The number of carbonyl (C=O) groups excluding carboxylic acids is 2. The van der Waals surface area contributed by atoms with Crippen LogP contribution in [0.1, 0.15) is 12.8 Å². The van der Waals surface area contributed by atoms with Crippen molar-refractivity contribution in [2.24, 2.45) is 0 Å². The molecule has 8 heavy (non-hydrogen) atoms. The van der Waals surface area contributed by atoms with Gasteiger partial charge in [-0.2, -0.15) is 0 Å². The zero-order chi connectivity index (χ0) is 5.98. The fourth-order valence-electron chi connectivity index (χ4n) is 0.627. The van der Waals surface area contributed by atoms with Gasteiger partial charge in [0.15, 0.2) is 5.52 Å². The van der Waals surface area contributed by atoms with E-state index in [4.69, 9.17) is 0 Å². The minimum absolute atomic E-state index is 0.253. The van der Waals surface area contributed by atoms with E-state index < -0.39 is 0 Å². The highest BCUT2D eigenvalue weighted by molar-refractivity contribution is 7.59. The lowest BCUT2D eigenvalue weighted by Crippen LogP contribution is -2.10. The van der Waals surface area contributed by atoms with Crippen LogP contribution in [0, 0.1) is 0 Å². The molecule has 1 aliphatic rings. The summed E-state index contributed by atoms with van der Waals surface area (Å²) >= 11 is 0. The maximum atomic E-state index is 10.5. The highest BCUT2D eigenvalue weighted by Crippen LogP contribution is 2.21. The highest BCUT2D eigenvalue weighted by atomic mass is 31.1. The van der Waals surface area contributed by atoms with Gasteiger partial charge in [0.25, 0.3) is 0 Å². The topological polar surface area (TPSA) is 34.1 Å². The second kappa shape index (κ2) is 2.36. The molecule has 0 aliphatic carbocycles. The van der Waals surface area contributed by atoms with E-state index in [-0.39, 0.29) is 19.9 Å². The first-order chi connectivity index (χ1) is 3.79. The Morgan fingerprint density at radius 2 is 2.00 bits per heavy atom. The second-order valence-electron chi connectivity index (χ2n) is 1.82. The lowest BCUT2D eigenvalue weighted by molar-refractivity contribution is -0.120. The largest absolute Gasteiger partial charge is 0.299 e. The average molecular weight is 130 g/mol. The van der Waals surface area contributed by atoms with Gasteiger partial charge in [0.05, 0.1) is 0 Å². The maximum Gasteiger partial charge on any atom is 0.152 e. The molecule has 0 bridgehead atoms. The summed E-state index contributed by atoms with van der Waals surface area (Å²) in [5.74, 6) is 0.253. The van der Waals surface area contributed by atoms with E-state index in [9.17, 15) is 9.59 Å². The molecular weight excluding hydrogens is 123 g/mol. The summed E-state index contributed by atoms with van der Waals surface area (Å²) in [4.78, 5) is 20.9. The predicted molar refractivity (Wildman–Crippen MR) is 32.4 cm³/mol. The molecule has 1 atom stereocenters. The number of hydrogen-bond acceptors (Lipinski definition) is 2. The Kier molecular flexibility index (Phi) is 1.74. The molecule has 1 fully saturated rings. The molecule has 1 rings (SSSR count). The van der Waals surface area contributed by atoms with Crippen molar-refractivity contribution in [2.45, 2.75) is 12.8 Å². The first kappa shape index (κ1) is 5.90. The van der Waals surface area contributed by atoms with E-state index in [0.717, 1.165) is 0 Å². The Morgan fingerprint density at radius 3 is 2.38 bits per heavy atom. The monoisotopic (exact) mass is 130 g/mol. The smallest absolute Gasteiger partial charge is 0.152 e. The summed E-state index contributed by atoms with van der Waals surface area (Å²) in [6, 6.07) is 0. The molecule has 44 valence electrons. The normalized spacial score (nSPS) is 24.5. The van der Waals surface area contributed by atoms with Crippen LogP contribution in [0.15, 0.2) is 0 Å². The Bertz CT molecular complexity index is 102. The Balaban J connectivity index is 2.40. The van der Waals surface area contributed by atoms with E-state index in [0.29, 0.717) is 19.0 Å². The van der Waals surface area contributed by atoms with Crippen molar-refractivity contribution in [3.63, 3.8) is 0 Å². The van der Waals surface area contributed by atoms with Gasteiger partial charge in [0, 0.05) is 19.0 Å². The van der Waals surface area contributed by atoms with Crippen LogP contribution >= 0.6 is 8.58 Å². The number of ketones is 1. The molecule has 2 nitrogen and oxygen atoms in total. The van der Waals surface area contributed by atoms with Crippen LogP contribution in [0.3, 0.4) is 0 Å². The zero-order valence-corrected chi connectivity index (χ0v) is 5.44. The van der Waals surface area contributed by atoms with Crippen molar-refractivity contribution in [2.75, 3.05) is 6.16 Å². The molecular formula is C5H7O2P. The minimum atomic E-state index is 0.253. The molecule has 0 aromatic heterocycles. The quantitative estimate of drug-likeness (QED) is 0.449. The molecule has 0 aromatic carbocycles. The number of carbonyl (C=O) groups is 2. The molecule has 0 radical (unpaired) electrons. The van der Waals surface area contributed by atoms with Crippen molar-refractivity contribution in [1.82, 2.24) is 0 Å². The molecule has 1 unspecified atom stereocenters. The third-order valence-electron chi connectivity index (χ3n) is 1.11. The average Bonchev–Trinajstić information content (AvgIpc) is 1.77. The second-order valence-corrected chi connectivity index (χ2v) is 3.08. The van der Waals surface area contributed by atoms with E-state index in [1.54, 1.807) is 0 Å². The standard InChI is InChI=1S/C5H7O2P/c6-4-1-2-5(7)8-3-4/h8H,1-3H2. The van der Waals surface area contributed by atoms with Gasteiger partial charge >= 0.3 is 0 Å². The lowest BCUT2D eigenvalue weighted by Gasteiger charge is -2.04. The van der Waals surface area contributed by atoms with Gasteiger partial charge in [-0.1, -0.05) is 0 Å². The fraction of sp³-hybridized carbons (Fsp3) is 0.600. The number of Topliss-reactive ketones (excluding diaryl/α,β-unsaturated/α-hetero) is 1. The fourth-order valence-corrected chi connectivity index (χ4v) is 1.50. The molecule has 0 N–H and O–H groups in total. The van der Waals surface area contributed by atoms with Gasteiger partial charge in [-0.3, -0.25) is 9.59 Å². The highest BCUT2D eigenvalue weighted by Gasteiger charge is 2.13. The maximum absolute atomic E-state index is 10.5. The molecule has 1 aliphatic heterocycles. The van der Waals surface area contributed by atoms with E-state index >= 15 is 0 Å². The van der Waals surface area contributed by atoms with E-state index in [1.807, 2.05) is 0 Å². The van der Waals surface area contributed by atoms with Crippen LogP contribution in [0.4, 0.5) is 0 Å². The Morgan fingerprint density at radius 1 is 1.25 bits per heavy atom. The molecule has 1 saturated heterocycles. The Hall–Kier alpha value is -0.230. The van der Waals surface area contributed by atoms with Crippen molar-refractivity contribution in [3.8, 4) is 0 Å². The van der Waals surface area contributed by atoms with Gasteiger partial charge in [-0.05, 0) is 8.58 Å². The summed E-state index contributed by atoms with van der Waals surface area (Å²) in [7, 11) is 0.267. The van der Waals surface area contributed by atoms with E-state index in [1.165, 1.54) is 0 Å². The van der Waals surface area contributed by atoms with Crippen molar-refractivity contribution in [3.05, 3.63) is 0 Å². The zero-order valence-electron chi connectivity index (χ0n) is 4.44. The van der Waals surface area contributed by atoms with Crippen LogP contribution in [-0.4, -0.2) is 17.5 Å². The number of rotatable bonds is 0. The van der Waals surface area contributed by atoms with Crippen molar-refractivity contribution < 1.29 is 9.59 Å². The summed E-state index contributed by atoms with van der Waals surface area (Å²) in [5, 5.41) is 0. The SMILES string of the molecule is O=C1CCC(=O)PC1. The summed E-state index contributed by atoms with van der Waals surface area (Å²) in [6.07, 6.45) is 1.50. The third kappa shape index (κ3) is 1.38. The van der Waals surface area contributed by atoms with Gasteiger partial charge in [0.1, 0.15) is 5.78 Å². The molecule has 0 spiro atoms. The Labute approximate surface area is 49.4 Å². The first-order valence-electron chi connectivity index (χ1n) is 2.57. The molecule has 0 amide bonds.